The van der Waals surface area contributed by atoms with Gasteiger partial charge in [0.15, 0.2) is 0 Å². The van der Waals surface area contributed by atoms with Crippen molar-refractivity contribution in [1.82, 2.24) is 0 Å². The van der Waals surface area contributed by atoms with Crippen molar-refractivity contribution in [2.45, 2.75) is 25.6 Å². The quantitative estimate of drug-likeness (QED) is 0.852. The number of alkyl halides is 3. The van der Waals surface area contributed by atoms with Gasteiger partial charge in [0.1, 0.15) is 5.75 Å². The summed E-state index contributed by atoms with van der Waals surface area (Å²) >= 11 is 0. The highest BCUT2D eigenvalue weighted by Gasteiger charge is 2.31. The van der Waals surface area contributed by atoms with Crippen LogP contribution in [0.5, 0.6) is 5.75 Å². The Morgan fingerprint density at radius 2 is 2.20 bits per heavy atom. The molecule has 0 bridgehead atoms. The fourth-order valence-corrected chi connectivity index (χ4v) is 2.09. The smallest absolute Gasteiger partial charge is 0.406 e. The van der Waals surface area contributed by atoms with E-state index in [-0.39, 0.29) is 17.6 Å². The van der Waals surface area contributed by atoms with Gasteiger partial charge >= 0.3 is 6.36 Å². The van der Waals surface area contributed by atoms with Gasteiger partial charge in [-0.3, -0.25) is 4.79 Å². The van der Waals surface area contributed by atoms with Crippen LogP contribution in [-0.2, 0) is 4.79 Å². The molecule has 1 aliphatic carbocycles. The topological polar surface area (TPSA) is 38.3 Å². The minimum Gasteiger partial charge on any atom is -0.406 e. The average Bonchev–Trinajstić information content (AvgIpc) is 2.79. The Balaban J connectivity index is 1.93. The maximum atomic E-state index is 12.1. The zero-order chi connectivity index (χ0) is 14.6. The normalized spacial score (nSPS) is 18.1. The average molecular weight is 285 g/mol. The van der Waals surface area contributed by atoms with Crippen molar-refractivity contribution in [2.75, 3.05) is 5.32 Å². The fraction of sp³-hybridized carbons (Fsp3) is 0.357. The van der Waals surface area contributed by atoms with E-state index in [2.05, 4.69) is 10.1 Å². The van der Waals surface area contributed by atoms with E-state index in [1.807, 2.05) is 12.2 Å². The largest absolute Gasteiger partial charge is 0.573 e. The van der Waals surface area contributed by atoms with Crippen LogP contribution in [0.3, 0.4) is 0 Å². The standard InChI is InChI=1S/C14H14F3NO2/c15-14(16,17)20-12-7-3-6-11(9-12)18-13(19)8-10-4-1-2-5-10/h1,3-4,6-7,9-10H,2,5,8H2,(H,18,19). The SMILES string of the molecule is O=C(CC1C=CCC1)Nc1cccc(OC(F)(F)F)c1. The van der Waals surface area contributed by atoms with E-state index >= 15 is 0 Å². The van der Waals surface area contributed by atoms with Gasteiger partial charge in [0, 0.05) is 18.2 Å². The van der Waals surface area contributed by atoms with Gasteiger partial charge in [0.25, 0.3) is 0 Å². The molecule has 0 spiro atoms. The van der Waals surface area contributed by atoms with Gasteiger partial charge in [-0.05, 0) is 30.9 Å². The second-order valence-corrected chi connectivity index (χ2v) is 4.59. The van der Waals surface area contributed by atoms with Crippen molar-refractivity contribution >= 4 is 11.6 Å². The molecular weight excluding hydrogens is 271 g/mol. The molecule has 1 amide bonds. The first-order valence-electron chi connectivity index (χ1n) is 6.25. The summed E-state index contributed by atoms with van der Waals surface area (Å²) in [5, 5.41) is 2.57. The Labute approximate surface area is 114 Å². The summed E-state index contributed by atoms with van der Waals surface area (Å²) in [7, 11) is 0. The molecular formula is C14H14F3NO2. The minimum absolute atomic E-state index is 0.213. The monoisotopic (exact) mass is 285 g/mol. The Hall–Kier alpha value is -1.98. The molecule has 20 heavy (non-hydrogen) atoms. The van der Waals surface area contributed by atoms with E-state index in [4.69, 9.17) is 0 Å². The first kappa shape index (κ1) is 14.4. The number of nitrogens with one attached hydrogen (secondary N) is 1. The van der Waals surface area contributed by atoms with Gasteiger partial charge in [-0.15, -0.1) is 13.2 Å². The van der Waals surface area contributed by atoms with Crippen molar-refractivity contribution in [3.63, 3.8) is 0 Å². The fourth-order valence-electron chi connectivity index (χ4n) is 2.09. The maximum absolute atomic E-state index is 12.1. The number of hydrogen-bond acceptors (Lipinski definition) is 2. The van der Waals surface area contributed by atoms with Gasteiger partial charge in [0.2, 0.25) is 5.91 Å². The molecule has 108 valence electrons. The van der Waals surface area contributed by atoms with Crippen molar-refractivity contribution in [2.24, 2.45) is 5.92 Å². The van der Waals surface area contributed by atoms with Crippen LogP contribution in [0.4, 0.5) is 18.9 Å². The number of hydrogen-bond donors (Lipinski definition) is 1. The number of benzene rings is 1. The van der Waals surface area contributed by atoms with Gasteiger partial charge in [-0.25, -0.2) is 0 Å². The lowest BCUT2D eigenvalue weighted by atomic mass is 10.1. The lowest BCUT2D eigenvalue weighted by molar-refractivity contribution is -0.274. The summed E-state index contributed by atoms with van der Waals surface area (Å²) < 4.78 is 40.1. The van der Waals surface area contributed by atoms with Crippen LogP contribution in [-0.4, -0.2) is 12.3 Å². The van der Waals surface area contributed by atoms with E-state index in [0.29, 0.717) is 12.1 Å². The van der Waals surface area contributed by atoms with Crippen LogP contribution in [0.2, 0.25) is 0 Å². The molecule has 0 saturated heterocycles. The first-order valence-corrected chi connectivity index (χ1v) is 6.25. The van der Waals surface area contributed by atoms with Crippen molar-refractivity contribution in [3.8, 4) is 5.75 Å². The Kier molecular flexibility index (Phi) is 4.32. The zero-order valence-electron chi connectivity index (χ0n) is 10.6. The van der Waals surface area contributed by atoms with Crippen LogP contribution in [0.25, 0.3) is 0 Å². The first-order chi connectivity index (χ1) is 9.42. The van der Waals surface area contributed by atoms with E-state index < -0.39 is 6.36 Å². The Morgan fingerprint density at radius 1 is 1.40 bits per heavy atom. The lowest BCUT2D eigenvalue weighted by Gasteiger charge is -2.11. The van der Waals surface area contributed by atoms with Crippen LogP contribution in [0, 0.1) is 5.92 Å². The number of halogens is 3. The third kappa shape index (κ3) is 4.60. The van der Waals surface area contributed by atoms with Crippen LogP contribution in [0.1, 0.15) is 19.3 Å². The predicted octanol–water partition coefficient (Wildman–Crippen LogP) is 3.88. The van der Waals surface area contributed by atoms with Gasteiger partial charge in [-0.2, -0.15) is 0 Å². The molecule has 1 unspecified atom stereocenters. The number of amides is 1. The maximum Gasteiger partial charge on any atom is 0.573 e. The number of anilines is 1. The molecule has 0 aliphatic heterocycles. The predicted molar refractivity (Wildman–Crippen MR) is 68.2 cm³/mol. The van der Waals surface area contributed by atoms with E-state index in [0.717, 1.165) is 18.9 Å². The number of rotatable bonds is 4. The van der Waals surface area contributed by atoms with Crippen molar-refractivity contribution in [1.29, 1.82) is 0 Å². The summed E-state index contributed by atoms with van der Waals surface area (Å²) in [5.41, 5.74) is 0.290. The molecule has 0 saturated carbocycles. The molecule has 0 aromatic heterocycles. The molecule has 1 N–H and O–H groups in total. The highest BCUT2D eigenvalue weighted by molar-refractivity contribution is 5.91. The van der Waals surface area contributed by atoms with E-state index in [1.165, 1.54) is 18.2 Å². The van der Waals surface area contributed by atoms with Gasteiger partial charge < -0.3 is 10.1 Å². The molecule has 1 aromatic carbocycles. The lowest BCUT2D eigenvalue weighted by Crippen LogP contribution is -2.18. The summed E-state index contributed by atoms with van der Waals surface area (Å²) in [6.07, 6.45) is 1.51. The molecule has 6 heteroatoms. The second-order valence-electron chi connectivity index (χ2n) is 4.59. The number of ether oxygens (including phenoxy) is 1. The third-order valence-electron chi connectivity index (χ3n) is 2.91. The van der Waals surface area contributed by atoms with Crippen LogP contribution in [0.15, 0.2) is 36.4 Å². The zero-order valence-corrected chi connectivity index (χ0v) is 10.6. The van der Waals surface area contributed by atoms with Crippen molar-refractivity contribution < 1.29 is 22.7 Å². The van der Waals surface area contributed by atoms with E-state index in [1.54, 1.807) is 0 Å². The van der Waals surface area contributed by atoms with Crippen LogP contribution < -0.4 is 10.1 Å². The Morgan fingerprint density at radius 3 is 2.85 bits per heavy atom. The highest BCUT2D eigenvalue weighted by Crippen LogP contribution is 2.26. The summed E-state index contributed by atoms with van der Waals surface area (Å²) in [4.78, 5) is 11.8. The summed E-state index contributed by atoms with van der Waals surface area (Å²) in [6.45, 7) is 0. The molecule has 0 fully saturated rings. The second kappa shape index (κ2) is 5.98. The van der Waals surface area contributed by atoms with Crippen LogP contribution >= 0.6 is 0 Å². The third-order valence-corrected chi connectivity index (χ3v) is 2.91. The summed E-state index contributed by atoms with van der Waals surface area (Å²) in [5.74, 6) is -0.355. The van der Waals surface area contributed by atoms with Gasteiger partial charge in [-0.1, -0.05) is 18.2 Å². The van der Waals surface area contributed by atoms with Crippen molar-refractivity contribution in [3.05, 3.63) is 36.4 Å². The molecule has 0 heterocycles. The summed E-state index contributed by atoms with van der Waals surface area (Å²) in [6, 6.07) is 5.25. The molecule has 1 aromatic rings. The highest BCUT2D eigenvalue weighted by atomic mass is 19.4. The minimum atomic E-state index is -4.74. The molecule has 1 atom stereocenters. The Bertz CT molecular complexity index is 511. The van der Waals surface area contributed by atoms with E-state index in [9.17, 15) is 18.0 Å². The molecule has 2 rings (SSSR count). The number of allylic oxidation sites excluding steroid dienone is 2. The molecule has 3 nitrogen and oxygen atoms in total. The number of carbonyl (C=O) groups excluding carboxylic acids is 1. The molecule has 0 radical (unpaired) electrons. The number of carbonyl (C=O) groups is 1. The van der Waals surface area contributed by atoms with Gasteiger partial charge in [0.05, 0.1) is 0 Å². The molecule has 1 aliphatic rings.